The van der Waals surface area contributed by atoms with E-state index in [9.17, 15) is 4.79 Å². The third kappa shape index (κ3) is 3.08. The molecule has 0 aliphatic heterocycles. The second-order valence-corrected chi connectivity index (χ2v) is 2.00. The smallest absolute Gasteiger partial charge is 0.308 e. The molecule has 0 spiro atoms. The number of carbonyl (C=O) groups is 1. The van der Waals surface area contributed by atoms with E-state index in [-0.39, 0.29) is 11.9 Å². The molecule has 0 saturated heterocycles. The van der Waals surface area contributed by atoms with E-state index in [1.807, 2.05) is 0 Å². The molecule has 2 N–H and O–H groups in total. The van der Waals surface area contributed by atoms with Gasteiger partial charge in [-0.2, -0.15) is 0 Å². The molecule has 0 fully saturated rings. The Kier molecular flexibility index (Phi) is 4.05. The van der Waals surface area contributed by atoms with Crippen LogP contribution in [-0.4, -0.2) is 19.6 Å². The van der Waals surface area contributed by atoms with Gasteiger partial charge < -0.3 is 10.5 Å². The first-order valence-corrected chi connectivity index (χ1v) is 3.00. The summed E-state index contributed by atoms with van der Waals surface area (Å²) in [7, 11) is 1.38. The first-order valence-electron chi connectivity index (χ1n) is 3.00. The molecule has 9 heavy (non-hydrogen) atoms. The number of esters is 1. The maximum Gasteiger partial charge on any atom is 0.308 e. The molecule has 0 bridgehead atoms. The number of rotatable bonds is 3. The summed E-state index contributed by atoms with van der Waals surface area (Å²) in [6.07, 6.45) is 0.701. The van der Waals surface area contributed by atoms with Crippen LogP contribution in [-0.2, 0) is 9.53 Å². The Bertz CT molecular complexity index is 93.1. The second kappa shape index (κ2) is 4.32. The molecular weight excluding hydrogens is 118 g/mol. The quantitative estimate of drug-likeness (QED) is 0.554. The lowest BCUT2D eigenvalue weighted by Crippen LogP contribution is -2.16. The highest BCUT2D eigenvalue weighted by Gasteiger charge is 2.10. The Morgan fingerprint density at radius 2 is 2.33 bits per heavy atom. The largest absolute Gasteiger partial charge is 0.469 e. The fourth-order valence-electron chi connectivity index (χ4n) is 0.569. The van der Waals surface area contributed by atoms with Crippen LogP contribution < -0.4 is 5.73 Å². The second-order valence-electron chi connectivity index (χ2n) is 2.00. The summed E-state index contributed by atoms with van der Waals surface area (Å²) in [6, 6.07) is 0. The van der Waals surface area contributed by atoms with Gasteiger partial charge in [-0.05, 0) is 13.0 Å². The van der Waals surface area contributed by atoms with Crippen LogP contribution in [0.4, 0.5) is 0 Å². The Morgan fingerprint density at radius 1 is 1.78 bits per heavy atom. The van der Waals surface area contributed by atoms with E-state index in [1.165, 1.54) is 7.11 Å². The predicted molar refractivity (Wildman–Crippen MR) is 34.9 cm³/mol. The monoisotopic (exact) mass is 131 g/mol. The van der Waals surface area contributed by atoms with Crippen molar-refractivity contribution in [2.24, 2.45) is 11.7 Å². The molecule has 0 amide bonds. The predicted octanol–water partition coefficient (Wildman–Crippen LogP) is 0.144. The fourth-order valence-corrected chi connectivity index (χ4v) is 0.569. The molecule has 0 aromatic carbocycles. The highest BCUT2D eigenvalue weighted by atomic mass is 16.5. The van der Waals surface area contributed by atoms with Crippen LogP contribution in [0.3, 0.4) is 0 Å². The molecule has 1 atom stereocenters. The summed E-state index contributed by atoms with van der Waals surface area (Å²) in [5.74, 6) is -0.236. The van der Waals surface area contributed by atoms with E-state index in [2.05, 4.69) is 4.74 Å². The van der Waals surface area contributed by atoms with Crippen molar-refractivity contribution in [2.45, 2.75) is 13.3 Å². The zero-order valence-corrected chi connectivity index (χ0v) is 5.89. The van der Waals surface area contributed by atoms with Gasteiger partial charge in [-0.25, -0.2) is 0 Å². The van der Waals surface area contributed by atoms with Crippen molar-refractivity contribution in [1.29, 1.82) is 0 Å². The lowest BCUT2D eigenvalue weighted by Gasteiger charge is -2.05. The van der Waals surface area contributed by atoms with Crippen molar-refractivity contribution in [1.82, 2.24) is 0 Å². The Labute approximate surface area is 55.2 Å². The van der Waals surface area contributed by atoms with Gasteiger partial charge in [-0.15, -0.1) is 0 Å². The van der Waals surface area contributed by atoms with E-state index < -0.39 is 0 Å². The molecule has 0 radical (unpaired) electrons. The number of hydrogen-bond acceptors (Lipinski definition) is 3. The lowest BCUT2D eigenvalue weighted by atomic mass is 10.1. The van der Waals surface area contributed by atoms with E-state index in [4.69, 9.17) is 5.73 Å². The minimum atomic E-state index is -0.180. The van der Waals surface area contributed by atoms with Crippen LogP contribution in [0.5, 0.6) is 0 Å². The summed E-state index contributed by atoms with van der Waals surface area (Å²) in [4.78, 5) is 10.6. The first kappa shape index (κ1) is 8.43. The lowest BCUT2D eigenvalue weighted by molar-refractivity contribution is -0.144. The molecule has 54 valence electrons. The minimum Gasteiger partial charge on any atom is -0.469 e. The van der Waals surface area contributed by atoms with Crippen molar-refractivity contribution >= 4 is 5.97 Å². The van der Waals surface area contributed by atoms with E-state index in [0.29, 0.717) is 13.0 Å². The van der Waals surface area contributed by atoms with Gasteiger partial charge >= 0.3 is 5.97 Å². The molecule has 3 nitrogen and oxygen atoms in total. The molecule has 0 saturated carbocycles. The average Bonchev–Trinajstić information content (AvgIpc) is 1.87. The van der Waals surface area contributed by atoms with Crippen LogP contribution in [0, 0.1) is 5.92 Å². The van der Waals surface area contributed by atoms with Crippen molar-refractivity contribution < 1.29 is 9.53 Å². The highest BCUT2D eigenvalue weighted by Crippen LogP contribution is 2.00. The molecule has 0 aromatic rings. The van der Waals surface area contributed by atoms with Crippen LogP contribution >= 0.6 is 0 Å². The first-order chi connectivity index (χ1) is 4.22. The van der Waals surface area contributed by atoms with Gasteiger partial charge in [-0.1, -0.05) is 6.92 Å². The van der Waals surface area contributed by atoms with Crippen molar-refractivity contribution in [3.05, 3.63) is 0 Å². The summed E-state index contributed by atoms with van der Waals surface area (Å²) < 4.78 is 4.47. The number of carbonyl (C=O) groups excluding carboxylic acids is 1. The molecule has 0 rings (SSSR count). The Hall–Kier alpha value is -0.570. The van der Waals surface area contributed by atoms with E-state index in [0.717, 1.165) is 0 Å². The number of hydrogen-bond donors (Lipinski definition) is 1. The topological polar surface area (TPSA) is 52.3 Å². The summed E-state index contributed by atoms with van der Waals surface area (Å²) >= 11 is 0. The fraction of sp³-hybridized carbons (Fsp3) is 0.833. The SMILES string of the molecule is COC(=O)[C@@H](C)CCN. The van der Waals surface area contributed by atoms with Gasteiger partial charge in [-0.3, -0.25) is 4.79 Å². The van der Waals surface area contributed by atoms with Gasteiger partial charge in [0.15, 0.2) is 0 Å². The zero-order chi connectivity index (χ0) is 7.28. The minimum absolute atomic E-state index is 0.0556. The molecule has 0 heterocycles. The standard InChI is InChI=1S/C6H13NO2/c1-5(3-4-7)6(8)9-2/h5H,3-4,7H2,1-2H3/t5-/m0/s1. The molecule has 0 aromatic heterocycles. The molecule has 0 unspecified atom stereocenters. The van der Waals surface area contributed by atoms with Crippen molar-refractivity contribution in [3.8, 4) is 0 Å². The molecular formula is C6H13NO2. The third-order valence-electron chi connectivity index (χ3n) is 1.20. The number of ether oxygens (including phenoxy) is 1. The Balaban J connectivity index is 3.45. The van der Waals surface area contributed by atoms with Crippen molar-refractivity contribution in [3.63, 3.8) is 0 Å². The summed E-state index contributed by atoms with van der Waals surface area (Å²) in [5.41, 5.74) is 5.21. The average molecular weight is 131 g/mol. The van der Waals surface area contributed by atoms with Crippen LogP contribution in [0.25, 0.3) is 0 Å². The van der Waals surface area contributed by atoms with Gasteiger partial charge in [0.2, 0.25) is 0 Å². The normalized spacial score (nSPS) is 12.8. The maximum atomic E-state index is 10.6. The van der Waals surface area contributed by atoms with Crippen molar-refractivity contribution in [2.75, 3.05) is 13.7 Å². The van der Waals surface area contributed by atoms with E-state index >= 15 is 0 Å². The third-order valence-corrected chi connectivity index (χ3v) is 1.20. The van der Waals surface area contributed by atoms with Gasteiger partial charge in [0, 0.05) is 0 Å². The molecule has 0 aliphatic rings. The molecule has 3 heteroatoms. The summed E-state index contributed by atoms with van der Waals surface area (Å²) in [5, 5.41) is 0. The summed E-state index contributed by atoms with van der Waals surface area (Å²) in [6.45, 7) is 2.34. The zero-order valence-electron chi connectivity index (χ0n) is 5.89. The van der Waals surface area contributed by atoms with Gasteiger partial charge in [0.05, 0.1) is 13.0 Å². The number of methoxy groups -OCH3 is 1. The van der Waals surface area contributed by atoms with Crippen LogP contribution in [0.1, 0.15) is 13.3 Å². The van der Waals surface area contributed by atoms with Crippen LogP contribution in [0.2, 0.25) is 0 Å². The number of nitrogens with two attached hydrogens (primary N) is 1. The van der Waals surface area contributed by atoms with E-state index in [1.54, 1.807) is 6.92 Å². The highest BCUT2D eigenvalue weighted by molar-refractivity contribution is 5.71. The maximum absolute atomic E-state index is 10.6. The van der Waals surface area contributed by atoms with Crippen LogP contribution in [0.15, 0.2) is 0 Å². The Morgan fingerprint density at radius 3 is 2.67 bits per heavy atom. The van der Waals surface area contributed by atoms with Gasteiger partial charge in [0.1, 0.15) is 0 Å². The molecule has 0 aliphatic carbocycles. The van der Waals surface area contributed by atoms with Gasteiger partial charge in [0.25, 0.3) is 0 Å².